The molecule has 1 atom stereocenters. The number of sulfonamides is 1. The van der Waals surface area contributed by atoms with E-state index in [9.17, 15) is 13.2 Å². The lowest BCUT2D eigenvalue weighted by molar-refractivity contribution is -0.118. The zero-order valence-corrected chi connectivity index (χ0v) is 14.8. The van der Waals surface area contributed by atoms with Crippen LogP contribution < -0.4 is 10.1 Å². The largest absolute Gasteiger partial charge is 0.491 e. The SMILES string of the molecule is CC(C)Oc1ccc(NC(=O)C2(C)CCCN(C)S2(=O)=O)cc1. The van der Waals surface area contributed by atoms with E-state index in [0.29, 0.717) is 30.8 Å². The summed E-state index contributed by atoms with van der Waals surface area (Å²) in [6, 6.07) is 6.91. The first-order valence-corrected chi connectivity index (χ1v) is 9.15. The van der Waals surface area contributed by atoms with Gasteiger partial charge in [-0.15, -0.1) is 0 Å². The Labute approximate surface area is 137 Å². The molecular weight excluding hydrogens is 316 g/mol. The van der Waals surface area contributed by atoms with E-state index in [1.54, 1.807) is 24.3 Å². The van der Waals surface area contributed by atoms with Gasteiger partial charge in [0.2, 0.25) is 15.9 Å². The van der Waals surface area contributed by atoms with E-state index in [4.69, 9.17) is 4.74 Å². The minimum absolute atomic E-state index is 0.0669. The predicted molar refractivity (Wildman–Crippen MR) is 90.0 cm³/mol. The fourth-order valence-electron chi connectivity index (χ4n) is 2.62. The summed E-state index contributed by atoms with van der Waals surface area (Å²) in [5.41, 5.74) is 0.552. The number of anilines is 1. The van der Waals surface area contributed by atoms with Crippen LogP contribution >= 0.6 is 0 Å². The molecule has 1 amide bonds. The Morgan fingerprint density at radius 2 is 1.91 bits per heavy atom. The molecule has 1 aliphatic heterocycles. The van der Waals surface area contributed by atoms with Crippen LogP contribution in [-0.2, 0) is 14.8 Å². The van der Waals surface area contributed by atoms with Gasteiger partial charge < -0.3 is 10.1 Å². The van der Waals surface area contributed by atoms with E-state index in [2.05, 4.69) is 5.32 Å². The van der Waals surface area contributed by atoms with Crippen molar-refractivity contribution < 1.29 is 17.9 Å². The van der Waals surface area contributed by atoms with E-state index in [0.717, 1.165) is 0 Å². The summed E-state index contributed by atoms with van der Waals surface area (Å²) < 4.78 is 30.3. The smallest absolute Gasteiger partial charge is 0.246 e. The normalized spacial score (nSPS) is 24.4. The van der Waals surface area contributed by atoms with Crippen molar-refractivity contribution in [1.82, 2.24) is 4.31 Å². The molecule has 128 valence electrons. The zero-order valence-electron chi connectivity index (χ0n) is 14.0. The van der Waals surface area contributed by atoms with Crippen molar-refractivity contribution in [2.45, 2.75) is 44.5 Å². The van der Waals surface area contributed by atoms with E-state index < -0.39 is 20.7 Å². The standard InChI is InChI=1S/C16H24N2O4S/c1-12(2)22-14-8-6-13(7-9-14)17-15(19)16(3)10-5-11-18(4)23(16,20)21/h6-9,12H,5,10-11H2,1-4H3,(H,17,19). The van der Waals surface area contributed by atoms with Gasteiger partial charge in [-0.1, -0.05) is 0 Å². The average Bonchev–Trinajstić information content (AvgIpc) is 2.46. The van der Waals surface area contributed by atoms with Crippen molar-refractivity contribution in [3.8, 4) is 5.75 Å². The van der Waals surface area contributed by atoms with Gasteiger partial charge in [-0.25, -0.2) is 12.7 Å². The van der Waals surface area contributed by atoms with Gasteiger partial charge in [-0.2, -0.15) is 0 Å². The topological polar surface area (TPSA) is 75.7 Å². The number of carbonyl (C=O) groups is 1. The summed E-state index contributed by atoms with van der Waals surface area (Å²) in [6.07, 6.45) is 1.05. The maximum atomic E-state index is 12.6. The molecule has 1 N–H and O–H groups in total. The first-order chi connectivity index (χ1) is 10.7. The van der Waals surface area contributed by atoms with Crippen LogP contribution in [0, 0.1) is 0 Å². The van der Waals surface area contributed by atoms with Crippen molar-refractivity contribution >= 4 is 21.6 Å². The van der Waals surface area contributed by atoms with E-state index in [1.165, 1.54) is 18.3 Å². The molecule has 1 heterocycles. The fourth-order valence-corrected chi connectivity index (χ4v) is 4.36. The molecule has 0 aliphatic carbocycles. The van der Waals surface area contributed by atoms with Crippen molar-refractivity contribution in [1.29, 1.82) is 0 Å². The summed E-state index contributed by atoms with van der Waals surface area (Å²) in [7, 11) is -2.14. The number of rotatable bonds is 4. The second-order valence-corrected chi connectivity index (χ2v) is 8.78. The molecule has 23 heavy (non-hydrogen) atoms. The van der Waals surface area contributed by atoms with Gasteiger partial charge in [0.05, 0.1) is 6.10 Å². The third-order valence-corrected chi connectivity index (χ3v) is 6.60. The van der Waals surface area contributed by atoms with Crippen LogP contribution in [0.2, 0.25) is 0 Å². The van der Waals surface area contributed by atoms with Crippen LogP contribution in [-0.4, -0.2) is 43.1 Å². The molecule has 0 radical (unpaired) electrons. The Morgan fingerprint density at radius 1 is 1.30 bits per heavy atom. The lowest BCUT2D eigenvalue weighted by atomic mass is 10.0. The molecule has 0 bridgehead atoms. The molecule has 0 saturated carbocycles. The molecule has 0 aromatic heterocycles. The molecule has 1 unspecified atom stereocenters. The van der Waals surface area contributed by atoms with E-state index in [1.807, 2.05) is 13.8 Å². The number of nitrogens with one attached hydrogen (secondary N) is 1. The molecule has 1 aromatic rings. The van der Waals surface area contributed by atoms with Gasteiger partial charge in [0, 0.05) is 19.3 Å². The van der Waals surface area contributed by atoms with Crippen molar-refractivity contribution in [2.75, 3.05) is 18.9 Å². The number of ether oxygens (including phenoxy) is 1. The highest BCUT2D eigenvalue weighted by atomic mass is 32.2. The van der Waals surface area contributed by atoms with E-state index >= 15 is 0 Å². The summed E-state index contributed by atoms with van der Waals surface area (Å²) in [4.78, 5) is 12.6. The minimum atomic E-state index is -3.65. The van der Waals surface area contributed by atoms with Gasteiger partial charge in [0.15, 0.2) is 4.75 Å². The first-order valence-electron chi connectivity index (χ1n) is 7.71. The molecule has 0 spiro atoms. The van der Waals surface area contributed by atoms with Gasteiger partial charge in [-0.05, 0) is 57.9 Å². The second-order valence-electron chi connectivity index (χ2n) is 6.31. The van der Waals surface area contributed by atoms with Crippen molar-refractivity contribution in [2.24, 2.45) is 0 Å². The monoisotopic (exact) mass is 340 g/mol. The first kappa shape index (κ1) is 17.7. The van der Waals surface area contributed by atoms with Crippen molar-refractivity contribution in [3.05, 3.63) is 24.3 Å². The highest BCUT2D eigenvalue weighted by Crippen LogP contribution is 2.32. The maximum Gasteiger partial charge on any atom is 0.246 e. The second kappa shape index (κ2) is 6.49. The van der Waals surface area contributed by atoms with Gasteiger partial charge >= 0.3 is 0 Å². The van der Waals surface area contributed by atoms with E-state index in [-0.39, 0.29) is 6.10 Å². The van der Waals surface area contributed by atoms with Crippen LogP contribution in [0.3, 0.4) is 0 Å². The van der Waals surface area contributed by atoms with Gasteiger partial charge in [-0.3, -0.25) is 4.79 Å². The summed E-state index contributed by atoms with van der Waals surface area (Å²) in [5, 5.41) is 2.71. The zero-order chi connectivity index (χ0) is 17.3. The minimum Gasteiger partial charge on any atom is -0.491 e. The van der Waals surface area contributed by atoms with Gasteiger partial charge in [0.1, 0.15) is 5.75 Å². The Kier molecular flexibility index (Phi) is 5.01. The van der Waals surface area contributed by atoms with Crippen molar-refractivity contribution in [3.63, 3.8) is 0 Å². The van der Waals surface area contributed by atoms with Crippen LogP contribution in [0.25, 0.3) is 0 Å². The maximum absolute atomic E-state index is 12.6. The Bertz CT molecular complexity index is 670. The molecule has 2 rings (SSSR count). The Balaban J connectivity index is 2.15. The third kappa shape index (κ3) is 3.50. The summed E-state index contributed by atoms with van der Waals surface area (Å²) in [6.45, 7) is 5.80. The number of amides is 1. The highest BCUT2D eigenvalue weighted by Gasteiger charge is 2.50. The van der Waals surface area contributed by atoms with Crippen LogP contribution in [0.1, 0.15) is 33.6 Å². The predicted octanol–water partition coefficient (Wildman–Crippen LogP) is 2.23. The van der Waals surface area contributed by atoms with Gasteiger partial charge in [0.25, 0.3) is 0 Å². The molecule has 7 heteroatoms. The fraction of sp³-hybridized carbons (Fsp3) is 0.562. The van der Waals surface area contributed by atoms with Crippen LogP contribution in [0.5, 0.6) is 5.75 Å². The Hall–Kier alpha value is -1.60. The number of hydrogen-bond donors (Lipinski definition) is 1. The molecule has 1 aromatic carbocycles. The molecule has 1 aliphatic rings. The lowest BCUT2D eigenvalue weighted by Crippen LogP contribution is -2.56. The Morgan fingerprint density at radius 3 is 2.48 bits per heavy atom. The molecule has 1 fully saturated rings. The highest BCUT2D eigenvalue weighted by molar-refractivity contribution is 7.91. The molecule has 6 nitrogen and oxygen atoms in total. The lowest BCUT2D eigenvalue weighted by Gasteiger charge is -2.36. The van der Waals surface area contributed by atoms with Crippen LogP contribution in [0.4, 0.5) is 5.69 Å². The number of nitrogens with zero attached hydrogens (tertiary/aromatic N) is 1. The van der Waals surface area contributed by atoms with Crippen LogP contribution in [0.15, 0.2) is 24.3 Å². The summed E-state index contributed by atoms with van der Waals surface area (Å²) in [5.74, 6) is 0.204. The number of benzene rings is 1. The number of carbonyl (C=O) groups excluding carboxylic acids is 1. The summed E-state index contributed by atoms with van der Waals surface area (Å²) >= 11 is 0. The number of hydrogen-bond acceptors (Lipinski definition) is 4. The quantitative estimate of drug-likeness (QED) is 0.912. The third-order valence-electron chi connectivity index (χ3n) is 4.07. The molecular formula is C16H24N2O4S. The molecule has 1 saturated heterocycles. The average molecular weight is 340 g/mol.